The fourth-order valence-electron chi connectivity index (χ4n) is 4.55. The predicted octanol–water partition coefficient (Wildman–Crippen LogP) is 7.32. The van der Waals surface area contributed by atoms with Gasteiger partial charge in [0.15, 0.2) is 0 Å². The molecule has 0 amide bonds. The van der Waals surface area contributed by atoms with Gasteiger partial charge < -0.3 is 10.2 Å². The van der Waals surface area contributed by atoms with Crippen molar-refractivity contribution in [2.45, 2.75) is 38.5 Å². The molecule has 3 nitrogen and oxygen atoms in total. The highest BCUT2D eigenvalue weighted by molar-refractivity contribution is 5.92. The van der Waals surface area contributed by atoms with Crippen molar-refractivity contribution < 1.29 is 15.0 Å². The summed E-state index contributed by atoms with van der Waals surface area (Å²) >= 11 is 0. The summed E-state index contributed by atoms with van der Waals surface area (Å²) in [5.74, 6) is -1.41. The quantitative estimate of drug-likeness (QED) is 0.296. The molecule has 0 aliphatic rings. The van der Waals surface area contributed by atoms with Crippen molar-refractivity contribution in [1.29, 1.82) is 0 Å². The molecule has 2 N–H and O–H groups in total. The van der Waals surface area contributed by atoms with E-state index in [1.165, 1.54) is 11.1 Å². The Bertz CT molecular complexity index is 1250. The molecule has 0 aliphatic heterocycles. The zero-order chi connectivity index (χ0) is 24.1. The molecule has 0 radical (unpaired) electrons. The van der Waals surface area contributed by atoms with Gasteiger partial charge in [-0.15, -0.1) is 0 Å². The van der Waals surface area contributed by atoms with E-state index in [1.807, 2.05) is 66.7 Å². The second-order valence-electron chi connectivity index (χ2n) is 8.93. The van der Waals surface area contributed by atoms with E-state index in [9.17, 15) is 15.0 Å². The van der Waals surface area contributed by atoms with Crippen LogP contribution in [-0.2, 0) is 6.42 Å². The number of aromatic hydroxyl groups is 1. The monoisotopic (exact) mass is 450 g/mol. The highest BCUT2D eigenvalue weighted by atomic mass is 16.4. The molecule has 0 fully saturated rings. The van der Waals surface area contributed by atoms with Crippen LogP contribution in [0.4, 0.5) is 0 Å². The number of carboxylic acid groups (broad SMARTS) is 1. The van der Waals surface area contributed by atoms with Gasteiger partial charge in [-0.25, -0.2) is 4.79 Å². The predicted molar refractivity (Wildman–Crippen MR) is 137 cm³/mol. The van der Waals surface area contributed by atoms with Gasteiger partial charge in [-0.2, -0.15) is 0 Å². The summed E-state index contributed by atoms with van der Waals surface area (Å²) in [5.41, 5.74) is 6.10. The van der Waals surface area contributed by atoms with Crippen LogP contribution < -0.4 is 0 Å². The molecule has 2 unspecified atom stereocenters. The second-order valence-corrected chi connectivity index (χ2v) is 8.93. The number of hydrogen-bond donors (Lipinski definition) is 2. The maximum absolute atomic E-state index is 12.1. The summed E-state index contributed by atoms with van der Waals surface area (Å²) in [6, 6.07) is 32.2. The lowest BCUT2D eigenvalue weighted by Gasteiger charge is -2.23. The first-order chi connectivity index (χ1) is 16.4. The number of aromatic carboxylic acids is 1. The van der Waals surface area contributed by atoms with E-state index in [2.05, 4.69) is 38.1 Å². The molecule has 0 aromatic heterocycles. The van der Waals surface area contributed by atoms with E-state index in [1.54, 1.807) is 6.07 Å². The lowest BCUT2D eigenvalue weighted by molar-refractivity contribution is 0.0693. The van der Waals surface area contributed by atoms with Gasteiger partial charge in [0.2, 0.25) is 0 Å². The minimum atomic E-state index is -1.12. The first kappa shape index (κ1) is 23.3. The molecule has 0 heterocycles. The van der Waals surface area contributed by atoms with Gasteiger partial charge in [-0.1, -0.05) is 103 Å². The number of rotatable bonds is 8. The number of aryl methyl sites for hydroxylation is 2. The smallest absolute Gasteiger partial charge is 0.339 e. The Morgan fingerprint density at radius 3 is 1.97 bits per heavy atom. The molecule has 3 heteroatoms. The third-order valence-corrected chi connectivity index (χ3v) is 6.61. The van der Waals surface area contributed by atoms with Crippen molar-refractivity contribution in [2.75, 3.05) is 0 Å². The Kier molecular flexibility index (Phi) is 7.12. The topological polar surface area (TPSA) is 57.5 Å². The van der Waals surface area contributed by atoms with Crippen LogP contribution >= 0.6 is 0 Å². The van der Waals surface area contributed by atoms with Gasteiger partial charge >= 0.3 is 5.97 Å². The maximum atomic E-state index is 12.1. The average Bonchev–Trinajstić information content (AvgIpc) is 2.86. The Morgan fingerprint density at radius 2 is 1.38 bits per heavy atom. The first-order valence-electron chi connectivity index (χ1n) is 11.7. The lowest BCUT2D eigenvalue weighted by Crippen LogP contribution is -2.09. The van der Waals surface area contributed by atoms with Crippen LogP contribution in [0, 0.1) is 6.92 Å². The molecule has 0 saturated heterocycles. The molecule has 0 bridgehead atoms. The number of hydrogen-bond acceptors (Lipinski definition) is 2. The lowest BCUT2D eigenvalue weighted by atomic mass is 9.82. The van der Waals surface area contributed by atoms with Crippen LogP contribution in [0.25, 0.3) is 0 Å². The van der Waals surface area contributed by atoms with Gasteiger partial charge in [-0.3, -0.25) is 0 Å². The molecule has 34 heavy (non-hydrogen) atoms. The van der Waals surface area contributed by atoms with E-state index in [0.29, 0.717) is 5.56 Å². The first-order valence-corrected chi connectivity index (χ1v) is 11.7. The average molecular weight is 451 g/mol. The van der Waals surface area contributed by atoms with Crippen molar-refractivity contribution in [2.24, 2.45) is 0 Å². The van der Waals surface area contributed by atoms with Crippen molar-refractivity contribution in [3.63, 3.8) is 0 Å². The SMILES string of the molecule is Cc1ccc(CCC(c2ccccc2)c2cc(C(C)c3ccccc3)cc(C(=O)O)c2O)cc1. The van der Waals surface area contributed by atoms with Gasteiger partial charge in [0.05, 0.1) is 0 Å². The van der Waals surface area contributed by atoms with Crippen LogP contribution in [0.15, 0.2) is 97.1 Å². The second kappa shape index (κ2) is 10.4. The van der Waals surface area contributed by atoms with E-state index in [0.717, 1.165) is 29.5 Å². The number of carboxylic acids is 1. The minimum absolute atomic E-state index is 0.00725. The summed E-state index contributed by atoms with van der Waals surface area (Å²) in [6.45, 7) is 4.14. The van der Waals surface area contributed by atoms with Crippen molar-refractivity contribution in [3.05, 3.63) is 136 Å². The molecule has 2 atom stereocenters. The van der Waals surface area contributed by atoms with E-state index >= 15 is 0 Å². The highest BCUT2D eigenvalue weighted by Gasteiger charge is 2.25. The van der Waals surface area contributed by atoms with Gasteiger partial charge in [0.25, 0.3) is 0 Å². The molecule has 0 aliphatic carbocycles. The molecular formula is C31H30O3. The summed E-state index contributed by atoms with van der Waals surface area (Å²) < 4.78 is 0. The van der Waals surface area contributed by atoms with Crippen molar-refractivity contribution in [1.82, 2.24) is 0 Å². The van der Waals surface area contributed by atoms with Gasteiger partial charge in [0, 0.05) is 17.4 Å². The molecule has 0 spiro atoms. The van der Waals surface area contributed by atoms with Crippen LogP contribution in [0.2, 0.25) is 0 Å². The summed E-state index contributed by atoms with van der Waals surface area (Å²) in [7, 11) is 0. The Hall–Kier alpha value is -3.85. The minimum Gasteiger partial charge on any atom is -0.507 e. The third kappa shape index (κ3) is 5.20. The van der Waals surface area contributed by atoms with E-state index < -0.39 is 5.97 Å². The summed E-state index contributed by atoms with van der Waals surface area (Å²) in [5, 5.41) is 21.0. The van der Waals surface area contributed by atoms with Crippen molar-refractivity contribution in [3.8, 4) is 5.75 Å². The molecular weight excluding hydrogens is 420 g/mol. The van der Waals surface area contributed by atoms with Crippen LogP contribution in [0.1, 0.15) is 68.9 Å². The number of carbonyl (C=O) groups is 1. The van der Waals surface area contributed by atoms with Crippen LogP contribution in [0.3, 0.4) is 0 Å². The summed E-state index contributed by atoms with van der Waals surface area (Å²) in [4.78, 5) is 12.1. The zero-order valence-electron chi connectivity index (χ0n) is 19.6. The fourth-order valence-corrected chi connectivity index (χ4v) is 4.55. The normalized spacial score (nSPS) is 12.8. The zero-order valence-corrected chi connectivity index (χ0v) is 19.6. The van der Waals surface area contributed by atoms with Crippen molar-refractivity contribution >= 4 is 5.97 Å². The number of phenols is 1. The van der Waals surface area contributed by atoms with Crippen LogP contribution in [-0.4, -0.2) is 16.2 Å². The Labute approximate surface area is 201 Å². The van der Waals surface area contributed by atoms with Gasteiger partial charge in [-0.05, 0) is 48.1 Å². The molecule has 172 valence electrons. The standard InChI is InChI=1S/C31H30O3/c1-21-13-15-23(16-14-21)17-18-27(25-11-7-4-8-12-25)28-19-26(20-29(30(28)32)31(33)34)22(2)24-9-5-3-6-10-24/h3-16,19-20,22,27,32H,17-18H2,1-2H3,(H,33,34). The highest BCUT2D eigenvalue weighted by Crippen LogP contribution is 2.40. The molecule has 0 saturated carbocycles. The van der Waals surface area contributed by atoms with Crippen LogP contribution in [0.5, 0.6) is 5.75 Å². The molecule has 4 aromatic carbocycles. The Balaban J connectivity index is 1.79. The number of benzene rings is 4. The maximum Gasteiger partial charge on any atom is 0.339 e. The molecule has 4 rings (SSSR count). The fraction of sp³-hybridized carbons (Fsp3) is 0.194. The van der Waals surface area contributed by atoms with Gasteiger partial charge in [0.1, 0.15) is 11.3 Å². The van der Waals surface area contributed by atoms with E-state index in [-0.39, 0.29) is 23.1 Å². The third-order valence-electron chi connectivity index (χ3n) is 6.61. The Morgan fingerprint density at radius 1 is 0.794 bits per heavy atom. The molecule has 4 aromatic rings. The largest absolute Gasteiger partial charge is 0.507 e. The van der Waals surface area contributed by atoms with E-state index in [4.69, 9.17) is 0 Å². The summed E-state index contributed by atoms with van der Waals surface area (Å²) in [6.07, 6.45) is 1.57.